The van der Waals surface area contributed by atoms with Gasteiger partial charge in [0.25, 0.3) is 0 Å². The van der Waals surface area contributed by atoms with Crippen molar-refractivity contribution in [2.75, 3.05) is 0 Å². The van der Waals surface area contributed by atoms with Crippen LogP contribution in [0.4, 0.5) is 0 Å². The molecule has 0 aliphatic heterocycles. The fraction of sp³-hybridized carbons (Fsp3) is 0.364. The first-order chi connectivity index (χ1) is 6.50. The Balaban J connectivity index is 2.90. The number of halogens is 1. The fourth-order valence-electron chi connectivity index (χ4n) is 1.22. The van der Waals surface area contributed by atoms with E-state index in [1.54, 1.807) is 12.1 Å². The molecule has 0 saturated heterocycles. The highest BCUT2D eigenvalue weighted by Gasteiger charge is 2.12. The molecular formula is C11H13BrO2. The topological polar surface area (TPSA) is 37.3 Å². The fourth-order valence-corrected chi connectivity index (χ4v) is 1.57. The van der Waals surface area contributed by atoms with Gasteiger partial charge < -0.3 is 5.11 Å². The number of phenolic OH excluding ortho intramolecular Hbond substituents is 1. The molecule has 0 spiro atoms. The monoisotopic (exact) mass is 256 g/mol. The highest BCUT2D eigenvalue weighted by atomic mass is 79.9. The van der Waals surface area contributed by atoms with Gasteiger partial charge in [0.15, 0.2) is 5.78 Å². The number of hydrogen-bond donors (Lipinski definition) is 1. The van der Waals surface area contributed by atoms with Crippen LogP contribution in [-0.2, 0) is 0 Å². The van der Waals surface area contributed by atoms with E-state index in [4.69, 9.17) is 0 Å². The number of Topliss-reactive ketones (excluding diaryl/α,β-unsaturated/α-hetero) is 1. The van der Waals surface area contributed by atoms with Crippen LogP contribution < -0.4 is 0 Å². The van der Waals surface area contributed by atoms with Crippen LogP contribution in [0.1, 0.15) is 30.6 Å². The van der Waals surface area contributed by atoms with Crippen LogP contribution in [0, 0.1) is 5.92 Å². The molecular weight excluding hydrogens is 244 g/mol. The zero-order valence-electron chi connectivity index (χ0n) is 8.25. The van der Waals surface area contributed by atoms with Gasteiger partial charge in [-0.2, -0.15) is 0 Å². The van der Waals surface area contributed by atoms with Crippen molar-refractivity contribution in [1.29, 1.82) is 0 Å². The van der Waals surface area contributed by atoms with E-state index in [1.807, 2.05) is 13.8 Å². The first-order valence-corrected chi connectivity index (χ1v) is 5.31. The van der Waals surface area contributed by atoms with Crippen LogP contribution in [0.15, 0.2) is 22.7 Å². The predicted octanol–water partition coefficient (Wildman–Crippen LogP) is 3.38. The lowest BCUT2D eigenvalue weighted by Crippen LogP contribution is -2.03. The van der Waals surface area contributed by atoms with Crippen molar-refractivity contribution in [3.63, 3.8) is 0 Å². The summed E-state index contributed by atoms with van der Waals surface area (Å²) in [6.45, 7) is 3.96. The zero-order chi connectivity index (χ0) is 10.7. The third-order valence-electron chi connectivity index (χ3n) is 1.85. The van der Waals surface area contributed by atoms with E-state index in [1.165, 1.54) is 6.07 Å². The highest BCUT2D eigenvalue weighted by molar-refractivity contribution is 9.10. The molecule has 0 atom stereocenters. The molecule has 0 aliphatic carbocycles. The van der Waals surface area contributed by atoms with Crippen LogP contribution in [0.2, 0.25) is 0 Å². The molecule has 0 unspecified atom stereocenters. The van der Waals surface area contributed by atoms with Crippen LogP contribution in [0.25, 0.3) is 0 Å². The largest absolute Gasteiger partial charge is 0.507 e. The summed E-state index contributed by atoms with van der Waals surface area (Å²) in [6.07, 6.45) is 0.467. The van der Waals surface area contributed by atoms with E-state index in [9.17, 15) is 9.90 Å². The summed E-state index contributed by atoms with van der Waals surface area (Å²) in [5.41, 5.74) is 0.405. The molecule has 76 valence electrons. The Kier molecular flexibility index (Phi) is 3.69. The molecule has 0 radical (unpaired) electrons. The molecule has 3 heteroatoms. The molecule has 1 N–H and O–H groups in total. The first-order valence-electron chi connectivity index (χ1n) is 4.52. The number of ketones is 1. The van der Waals surface area contributed by atoms with Crippen molar-refractivity contribution < 1.29 is 9.90 Å². The van der Waals surface area contributed by atoms with Gasteiger partial charge in [0.2, 0.25) is 0 Å². The third kappa shape index (κ3) is 2.84. The summed E-state index contributed by atoms with van der Waals surface area (Å²) in [5, 5.41) is 9.52. The molecule has 0 saturated carbocycles. The van der Waals surface area contributed by atoms with Crippen molar-refractivity contribution in [2.45, 2.75) is 20.3 Å². The number of phenols is 1. The first kappa shape index (κ1) is 11.2. The molecule has 0 amide bonds. The summed E-state index contributed by atoms with van der Waals surface area (Å²) in [4.78, 5) is 11.6. The van der Waals surface area contributed by atoms with Crippen LogP contribution in [0.5, 0.6) is 5.75 Å². The minimum atomic E-state index is -0.00926. The van der Waals surface area contributed by atoms with Crippen molar-refractivity contribution >= 4 is 21.7 Å². The van der Waals surface area contributed by atoms with Crippen LogP contribution in [0.3, 0.4) is 0 Å². The van der Waals surface area contributed by atoms with Crippen LogP contribution in [-0.4, -0.2) is 10.9 Å². The SMILES string of the molecule is CC(C)CC(=O)c1ccc(Br)cc1O. The second-order valence-corrected chi connectivity index (χ2v) is 4.60. The van der Waals surface area contributed by atoms with Gasteiger partial charge in [-0.15, -0.1) is 0 Å². The number of carbonyl (C=O) groups is 1. The number of aromatic hydroxyl groups is 1. The average molecular weight is 257 g/mol. The van der Waals surface area contributed by atoms with E-state index in [0.717, 1.165) is 4.47 Å². The summed E-state index contributed by atoms with van der Waals surface area (Å²) >= 11 is 3.22. The Labute approximate surface area is 92.1 Å². The van der Waals surface area contributed by atoms with Crippen molar-refractivity contribution in [2.24, 2.45) is 5.92 Å². The number of hydrogen-bond acceptors (Lipinski definition) is 2. The summed E-state index contributed by atoms with van der Waals surface area (Å²) in [7, 11) is 0. The lowest BCUT2D eigenvalue weighted by molar-refractivity contribution is 0.0965. The minimum Gasteiger partial charge on any atom is -0.507 e. The number of benzene rings is 1. The van der Waals surface area contributed by atoms with Crippen molar-refractivity contribution in [1.82, 2.24) is 0 Å². The molecule has 14 heavy (non-hydrogen) atoms. The average Bonchev–Trinajstić information content (AvgIpc) is 2.01. The maximum atomic E-state index is 11.6. The lowest BCUT2D eigenvalue weighted by Gasteiger charge is -2.06. The molecule has 1 rings (SSSR count). The smallest absolute Gasteiger partial charge is 0.166 e. The zero-order valence-corrected chi connectivity index (χ0v) is 9.84. The second-order valence-electron chi connectivity index (χ2n) is 3.68. The van der Waals surface area contributed by atoms with Gasteiger partial charge in [0.1, 0.15) is 5.75 Å². The van der Waals surface area contributed by atoms with Gasteiger partial charge in [-0.25, -0.2) is 0 Å². The van der Waals surface area contributed by atoms with Gasteiger partial charge in [-0.1, -0.05) is 29.8 Å². The Morgan fingerprint density at radius 2 is 2.14 bits per heavy atom. The van der Waals surface area contributed by atoms with E-state index < -0.39 is 0 Å². The van der Waals surface area contributed by atoms with E-state index >= 15 is 0 Å². The van der Waals surface area contributed by atoms with Gasteiger partial charge in [0.05, 0.1) is 5.56 Å². The summed E-state index contributed by atoms with van der Waals surface area (Å²) in [6, 6.07) is 4.94. The van der Waals surface area contributed by atoms with Gasteiger partial charge in [-0.05, 0) is 24.1 Å². The third-order valence-corrected chi connectivity index (χ3v) is 2.35. The molecule has 1 aromatic carbocycles. The van der Waals surface area contributed by atoms with Crippen molar-refractivity contribution in [3.8, 4) is 5.75 Å². The van der Waals surface area contributed by atoms with E-state index in [2.05, 4.69) is 15.9 Å². The van der Waals surface area contributed by atoms with E-state index in [-0.39, 0.29) is 11.5 Å². The van der Waals surface area contributed by atoms with Gasteiger partial charge in [-0.3, -0.25) is 4.79 Å². The molecule has 2 nitrogen and oxygen atoms in total. The highest BCUT2D eigenvalue weighted by Crippen LogP contribution is 2.24. The molecule has 1 aromatic rings. The number of carbonyl (C=O) groups excluding carboxylic acids is 1. The predicted molar refractivity (Wildman–Crippen MR) is 59.6 cm³/mol. The Morgan fingerprint density at radius 3 is 2.64 bits per heavy atom. The molecule has 0 aromatic heterocycles. The quantitative estimate of drug-likeness (QED) is 0.843. The Morgan fingerprint density at radius 1 is 1.50 bits per heavy atom. The lowest BCUT2D eigenvalue weighted by atomic mass is 10.0. The van der Waals surface area contributed by atoms with Gasteiger partial charge in [0, 0.05) is 10.9 Å². The van der Waals surface area contributed by atoms with Crippen LogP contribution >= 0.6 is 15.9 Å². The molecule has 0 bridgehead atoms. The minimum absolute atomic E-state index is 0.00926. The van der Waals surface area contributed by atoms with Crippen molar-refractivity contribution in [3.05, 3.63) is 28.2 Å². The standard InChI is InChI=1S/C11H13BrO2/c1-7(2)5-10(13)9-4-3-8(12)6-11(9)14/h3-4,6-7,14H,5H2,1-2H3. The summed E-state index contributed by atoms with van der Waals surface area (Å²) < 4.78 is 0.774. The number of rotatable bonds is 3. The second kappa shape index (κ2) is 4.60. The maximum absolute atomic E-state index is 11.6. The Hall–Kier alpha value is -0.830. The Bertz CT molecular complexity index is 345. The summed E-state index contributed by atoms with van der Waals surface area (Å²) in [5.74, 6) is 0.348. The van der Waals surface area contributed by atoms with E-state index in [0.29, 0.717) is 17.9 Å². The normalized spacial score (nSPS) is 10.6. The molecule has 0 heterocycles. The molecule has 0 aliphatic rings. The maximum Gasteiger partial charge on any atom is 0.166 e. The van der Waals surface area contributed by atoms with Gasteiger partial charge >= 0.3 is 0 Å². The molecule has 0 fully saturated rings.